The number of nitro groups is 1. The molecule has 1 rings (SSSR count). The lowest BCUT2D eigenvalue weighted by molar-refractivity contribution is -0.386. The minimum Gasteiger partial charge on any atom is -0.517 e. The van der Waals surface area contributed by atoms with Gasteiger partial charge in [-0.1, -0.05) is 0 Å². The Hall–Kier alpha value is -1.80. The summed E-state index contributed by atoms with van der Waals surface area (Å²) in [5.41, 5.74) is -0.833. The van der Waals surface area contributed by atoms with E-state index in [0.717, 1.165) is 12.1 Å². The van der Waals surface area contributed by atoms with Crippen LogP contribution in [0, 0.1) is 15.9 Å². The van der Waals surface area contributed by atoms with Crippen molar-refractivity contribution in [2.75, 3.05) is 6.51 Å². The molecule has 0 bridgehead atoms. The van der Waals surface area contributed by atoms with Crippen molar-refractivity contribution >= 4 is 12.7 Å². The zero-order valence-electron chi connectivity index (χ0n) is 7.70. The average molecular weight is 238 g/mol. The molecule has 88 valence electrons. The molecule has 0 aromatic heterocycles. The van der Waals surface area contributed by atoms with Crippen LogP contribution in [0.3, 0.4) is 0 Å². The molecular weight excluding hydrogens is 233 g/mol. The first-order valence-electron chi connectivity index (χ1n) is 4.07. The molecule has 0 spiro atoms. The van der Waals surface area contributed by atoms with E-state index in [9.17, 15) is 27.5 Å². The predicted molar refractivity (Wildman–Crippen MR) is 47.6 cm³/mol. The summed E-state index contributed by atoms with van der Waals surface area (Å²) in [7, 11) is 0. The molecule has 1 aromatic rings. The lowest BCUT2D eigenvalue weighted by Gasteiger charge is -2.14. The summed E-state index contributed by atoms with van der Waals surface area (Å²) < 4.78 is 52.4. The largest absolute Gasteiger partial charge is 0.517 e. The Bertz CT molecular complexity index is 409. The highest BCUT2D eigenvalue weighted by atomic mass is 19.4. The molecule has 0 saturated carbocycles. The van der Waals surface area contributed by atoms with Gasteiger partial charge < -0.3 is 17.7 Å². The van der Waals surface area contributed by atoms with Gasteiger partial charge in [0.05, 0.1) is 17.5 Å². The normalized spacial score (nSPS) is 11.2. The predicted octanol–water partition coefficient (Wildman–Crippen LogP) is 2.50. The minimum absolute atomic E-state index is 0.499. The van der Waals surface area contributed by atoms with Gasteiger partial charge in [-0.15, -0.1) is 0 Å². The Morgan fingerprint density at radius 2 is 2.00 bits per heavy atom. The number of ether oxygens (including phenoxy) is 1. The first kappa shape index (κ1) is 12.3. The highest BCUT2D eigenvalue weighted by molar-refractivity contribution is 6.58. The van der Waals surface area contributed by atoms with Gasteiger partial charge in [0.15, 0.2) is 5.75 Å². The van der Waals surface area contributed by atoms with Crippen molar-refractivity contribution in [1.82, 2.24) is 0 Å². The Morgan fingerprint density at radius 3 is 2.50 bits per heavy atom. The van der Waals surface area contributed by atoms with Gasteiger partial charge in [0.2, 0.25) is 0 Å². The summed E-state index contributed by atoms with van der Waals surface area (Å²) in [4.78, 5) is 9.37. The second-order valence-corrected chi connectivity index (χ2v) is 2.89. The van der Waals surface area contributed by atoms with Crippen LogP contribution in [0.4, 0.5) is 23.0 Å². The van der Waals surface area contributed by atoms with Crippen LogP contribution in [0.25, 0.3) is 0 Å². The number of rotatable bonds is 4. The quantitative estimate of drug-likeness (QED) is 0.350. The number of hydrogen-bond donors (Lipinski definition) is 0. The fourth-order valence-corrected chi connectivity index (χ4v) is 0.940. The number of nitro benzene ring substituents is 1. The molecule has 0 unspecified atom stereocenters. The average Bonchev–Trinajstić information content (AvgIpc) is 2.14. The summed E-state index contributed by atoms with van der Waals surface area (Å²) in [6.45, 7) is -6.82. The van der Waals surface area contributed by atoms with Crippen LogP contribution < -0.4 is 4.74 Å². The highest BCUT2D eigenvalue weighted by Gasteiger charge is 2.26. The Balaban J connectivity index is 2.91. The molecule has 0 radical (unpaired) electrons. The van der Waals surface area contributed by atoms with Crippen LogP contribution in [0.15, 0.2) is 18.2 Å². The van der Waals surface area contributed by atoms with E-state index in [0.29, 0.717) is 6.07 Å². The summed E-state index contributed by atoms with van der Waals surface area (Å²) in [6.07, 6.45) is 0. The van der Waals surface area contributed by atoms with Gasteiger partial charge in [0.1, 0.15) is 5.82 Å². The molecule has 16 heavy (non-hydrogen) atoms. The van der Waals surface area contributed by atoms with Crippen molar-refractivity contribution in [3.63, 3.8) is 0 Å². The second kappa shape index (κ2) is 4.37. The molecule has 9 heteroatoms. The van der Waals surface area contributed by atoms with Crippen LogP contribution in [-0.4, -0.2) is 18.4 Å². The van der Waals surface area contributed by atoms with Gasteiger partial charge in [-0.2, -0.15) is 0 Å². The van der Waals surface area contributed by atoms with Gasteiger partial charge in [0.25, 0.3) is 0 Å². The lowest BCUT2D eigenvalue weighted by Crippen LogP contribution is -2.26. The molecule has 0 aliphatic rings. The fraction of sp³-hybridized carbons (Fsp3) is 0.143. The van der Waals surface area contributed by atoms with Crippen molar-refractivity contribution in [3.05, 3.63) is 34.1 Å². The third kappa shape index (κ3) is 3.41. The van der Waals surface area contributed by atoms with Gasteiger partial charge in [-0.3, -0.25) is 10.1 Å². The summed E-state index contributed by atoms with van der Waals surface area (Å²) in [5.74, 6) is -1.53. The van der Waals surface area contributed by atoms with Crippen molar-refractivity contribution in [3.8, 4) is 5.75 Å². The minimum atomic E-state index is -5.21. The smallest absolute Gasteiger partial charge is 0.515 e. The van der Waals surface area contributed by atoms with Crippen molar-refractivity contribution in [2.45, 2.75) is 0 Å². The van der Waals surface area contributed by atoms with Crippen molar-refractivity contribution in [2.24, 2.45) is 0 Å². The molecule has 4 nitrogen and oxygen atoms in total. The Kier molecular flexibility index (Phi) is 3.36. The number of benzene rings is 1. The van der Waals surface area contributed by atoms with E-state index >= 15 is 0 Å². The highest BCUT2D eigenvalue weighted by Crippen LogP contribution is 2.28. The Labute approximate surface area is 87.0 Å². The van der Waals surface area contributed by atoms with Crippen LogP contribution in [0.2, 0.25) is 0 Å². The Morgan fingerprint density at radius 1 is 1.38 bits per heavy atom. The third-order valence-corrected chi connectivity index (χ3v) is 1.55. The van der Waals surface area contributed by atoms with E-state index in [1.165, 1.54) is 0 Å². The first-order valence-corrected chi connectivity index (χ1v) is 4.07. The molecule has 0 saturated heterocycles. The van der Waals surface area contributed by atoms with E-state index in [1.807, 2.05) is 0 Å². The van der Waals surface area contributed by atoms with Gasteiger partial charge in [0, 0.05) is 0 Å². The van der Waals surface area contributed by atoms with Crippen molar-refractivity contribution < 1.29 is 27.0 Å². The van der Waals surface area contributed by atoms with Crippen LogP contribution in [-0.2, 0) is 0 Å². The number of hydrogen-bond acceptors (Lipinski definition) is 3. The molecule has 0 aliphatic heterocycles. The topological polar surface area (TPSA) is 52.4 Å². The van der Waals surface area contributed by atoms with Crippen LogP contribution in [0.5, 0.6) is 5.75 Å². The molecule has 0 N–H and O–H groups in total. The molecule has 0 atom stereocenters. The van der Waals surface area contributed by atoms with E-state index in [-0.39, 0.29) is 0 Å². The maximum atomic E-state index is 12.6. The third-order valence-electron chi connectivity index (χ3n) is 1.55. The molecule has 0 fully saturated rings. The summed E-state index contributed by atoms with van der Waals surface area (Å²) >= 11 is 0. The van der Waals surface area contributed by atoms with Crippen molar-refractivity contribution in [1.29, 1.82) is 0 Å². The summed E-state index contributed by atoms with van der Waals surface area (Å²) in [6, 6.07) is 2.07. The molecule has 1 aromatic carbocycles. The van der Waals surface area contributed by atoms with E-state index in [1.54, 1.807) is 0 Å². The second-order valence-electron chi connectivity index (χ2n) is 2.89. The van der Waals surface area contributed by atoms with E-state index < -0.39 is 35.7 Å². The van der Waals surface area contributed by atoms with E-state index in [2.05, 4.69) is 4.74 Å². The SMILES string of the molecule is O=[N+]([O-])c1cc(F)ccc1OC[B-](F)(F)F. The monoisotopic (exact) mass is 238 g/mol. The van der Waals surface area contributed by atoms with Gasteiger partial charge >= 0.3 is 12.7 Å². The fourth-order valence-electron chi connectivity index (χ4n) is 0.940. The van der Waals surface area contributed by atoms with Crippen LogP contribution in [0.1, 0.15) is 0 Å². The zero-order chi connectivity index (χ0) is 12.3. The number of halogens is 4. The molecule has 0 heterocycles. The molecule has 0 amide bonds. The zero-order valence-corrected chi connectivity index (χ0v) is 7.70. The standard InChI is InChI=1S/C7H5BF4NO3/c9-5-1-2-7(6(3-5)13(14)15)16-4-8(10,11)12/h1-3H,4H2/q-1. The molecular formula is C7H5BF4NO3-. The van der Waals surface area contributed by atoms with Gasteiger partial charge in [-0.25, -0.2) is 4.39 Å². The van der Waals surface area contributed by atoms with E-state index in [4.69, 9.17) is 0 Å². The number of nitrogens with zero attached hydrogens (tertiary/aromatic N) is 1. The summed E-state index contributed by atoms with van der Waals surface area (Å²) in [5, 5.41) is 10.4. The molecule has 0 aliphatic carbocycles. The van der Waals surface area contributed by atoms with Gasteiger partial charge in [-0.05, 0) is 12.1 Å². The first-order chi connectivity index (χ1) is 7.29. The lowest BCUT2D eigenvalue weighted by atomic mass is 9.95. The maximum absolute atomic E-state index is 12.6. The maximum Gasteiger partial charge on any atom is 0.515 e. The van der Waals surface area contributed by atoms with Crippen LogP contribution >= 0.6 is 0 Å².